The first-order chi connectivity index (χ1) is 7.29. The number of aliphatic imine (C=N–C) groups is 1. The molecule has 0 fully saturated rings. The van der Waals surface area contributed by atoms with E-state index in [1.165, 1.54) is 0 Å². The van der Waals surface area contributed by atoms with Crippen molar-refractivity contribution in [1.82, 2.24) is 15.5 Å². The summed E-state index contributed by atoms with van der Waals surface area (Å²) in [6, 6.07) is 5.46. The molecule has 4 N–H and O–H groups in total. The minimum Gasteiger partial charge on any atom is -0.369 e. The van der Waals surface area contributed by atoms with Crippen LogP contribution in [0.1, 0.15) is 0 Å². The summed E-state index contributed by atoms with van der Waals surface area (Å²) in [5.74, 6) is 0.0698. The molecule has 0 unspecified atom stereocenters. The summed E-state index contributed by atoms with van der Waals surface area (Å²) in [4.78, 5) is 4.00. The maximum atomic E-state index is 8.32. The maximum Gasteiger partial charge on any atom is 0.207 e. The lowest BCUT2D eigenvalue weighted by atomic mass is 10.2. The van der Waals surface area contributed by atoms with Crippen molar-refractivity contribution in [3.8, 4) is 6.19 Å². The van der Waals surface area contributed by atoms with Crippen LogP contribution in [0.4, 0.5) is 5.69 Å². The molecule has 0 aliphatic carbocycles. The largest absolute Gasteiger partial charge is 0.369 e. The average molecular weight is 200 g/mol. The van der Waals surface area contributed by atoms with Gasteiger partial charge in [-0.05, 0) is 18.2 Å². The Morgan fingerprint density at radius 1 is 1.60 bits per heavy atom. The molecule has 15 heavy (non-hydrogen) atoms. The van der Waals surface area contributed by atoms with Gasteiger partial charge >= 0.3 is 0 Å². The lowest BCUT2D eigenvalue weighted by Crippen LogP contribution is -2.26. The fourth-order valence-electron chi connectivity index (χ4n) is 1.22. The Labute approximate surface area is 85.4 Å². The predicted molar refractivity (Wildman–Crippen MR) is 56.1 cm³/mol. The summed E-state index contributed by atoms with van der Waals surface area (Å²) in [6.07, 6.45) is 3.39. The fourth-order valence-corrected chi connectivity index (χ4v) is 1.22. The van der Waals surface area contributed by atoms with E-state index in [1.54, 1.807) is 18.5 Å². The third-order valence-corrected chi connectivity index (χ3v) is 1.86. The summed E-state index contributed by atoms with van der Waals surface area (Å²) in [5, 5.41) is 18.2. The number of hydrogen-bond acceptors (Lipinski definition) is 3. The highest BCUT2D eigenvalue weighted by molar-refractivity contribution is 5.85. The Bertz CT molecular complexity index is 547. The van der Waals surface area contributed by atoms with Gasteiger partial charge in [0.25, 0.3) is 0 Å². The second kappa shape index (κ2) is 3.67. The molecular formula is C9H8N6. The Morgan fingerprint density at radius 3 is 3.27 bits per heavy atom. The van der Waals surface area contributed by atoms with Gasteiger partial charge in [0.2, 0.25) is 5.96 Å². The van der Waals surface area contributed by atoms with Crippen molar-refractivity contribution < 1.29 is 0 Å². The van der Waals surface area contributed by atoms with Crippen LogP contribution >= 0.6 is 0 Å². The molecule has 0 atom stereocenters. The smallest absolute Gasteiger partial charge is 0.207 e. The van der Waals surface area contributed by atoms with Crippen LogP contribution in [0.25, 0.3) is 10.9 Å². The van der Waals surface area contributed by atoms with Gasteiger partial charge in [-0.15, -0.1) is 0 Å². The molecular weight excluding hydrogens is 192 g/mol. The van der Waals surface area contributed by atoms with Crippen LogP contribution in [0.5, 0.6) is 0 Å². The van der Waals surface area contributed by atoms with Crippen LogP contribution in [-0.2, 0) is 0 Å². The molecule has 0 radical (unpaired) electrons. The second-order valence-electron chi connectivity index (χ2n) is 2.88. The number of hydrogen-bond donors (Lipinski definition) is 3. The zero-order valence-electron chi connectivity index (χ0n) is 7.73. The fraction of sp³-hybridized carbons (Fsp3) is 0. The second-order valence-corrected chi connectivity index (χ2v) is 2.88. The SMILES string of the molecule is N#CNC(N)=Nc1ccc2[nH]ncc2c1. The molecule has 1 aromatic heterocycles. The molecule has 0 amide bonds. The van der Waals surface area contributed by atoms with Gasteiger partial charge in [0.1, 0.15) is 0 Å². The van der Waals surface area contributed by atoms with Gasteiger partial charge in [-0.3, -0.25) is 10.4 Å². The highest BCUT2D eigenvalue weighted by atomic mass is 15.1. The molecule has 0 saturated heterocycles. The predicted octanol–water partition coefficient (Wildman–Crippen LogP) is 0.580. The van der Waals surface area contributed by atoms with Crippen molar-refractivity contribution in [3.05, 3.63) is 24.4 Å². The molecule has 0 spiro atoms. The number of nitriles is 1. The molecule has 0 aliphatic rings. The highest BCUT2D eigenvalue weighted by Gasteiger charge is 1.97. The van der Waals surface area contributed by atoms with E-state index < -0.39 is 0 Å². The van der Waals surface area contributed by atoms with Crippen molar-refractivity contribution in [2.75, 3.05) is 0 Å². The van der Waals surface area contributed by atoms with Gasteiger partial charge in [0, 0.05) is 5.39 Å². The summed E-state index contributed by atoms with van der Waals surface area (Å²) < 4.78 is 0. The molecule has 1 aromatic carbocycles. The number of benzene rings is 1. The van der Waals surface area contributed by atoms with E-state index in [4.69, 9.17) is 11.0 Å². The number of aromatic nitrogens is 2. The molecule has 6 heteroatoms. The number of guanidine groups is 1. The van der Waals surface area contributed by atoms with Crippen LogP contribution in [0.15, 0.2) is 29.4 Å². The highest BCUT2D eigenvalue weighted by Crippen LogP contribution is 2.18. The minimum atomic E-state index is 0.0698. The molecule has 0 bridgehead atoms. The average Bonchev–Trinajstić information content (AvgIpc) is 2.65. The van der Waals surface area contributed by atoms with Gasteiger partial charge < -0.3 is 5.73 Å². The Morgan fingerprint density at radius 2 is 2.47 bits per heavy atom. The van der Waals surface area contributed by atoms with Crippen molar-refractivity contribution >= 4 is 22.5 Å². The van der Waals surface area contributed by atoms with E-state index in [1.807, 2.05) is 12.1 Å². The normalized spacial score (nSPS) is 11.3. The van der Waals surface area contributed by atoms with Crippen molar-refractivity contribution in [3.63, 3.8) is 0 Å². The van der Waals surface area contributed by atoms with Gasteiger partial charge in [-0.1, -0.05) is 0 Å². The standard InChI is InChI=1S/C9H8N6/c10-5-12-9(11)14-7-1-2-8-6(3-7)4-13-15-8/h1-4H,(H,13,15)(H3,11,12,14). The van der Waals surface area contributed by atoms with Gasteiger partial charge in [-0.25, -0.2) is 4.99 Å². The molecule has 2 rings (SSSR count). The zero-order chi connectivity index (χ0) is 10.7. The topological polar surface area (TPSA) is 103 Å². The third-order valence-electron chi connectivity index (χ3n) is 1.86. The van der Waals surface area contributed by atoms with E-state index in [2.05, 4.69) is 20.5 Å². The number of H-pyrrole nitrogens is 1. The van der Waals surface area contributed by atoms with E-state index in [-0.39, 0.29) is 5.96 Å². The van der Waals surface area contributed by atoms with Crippen molar-refractivity contribution in [2.24, 2.45) is 10.7 Å². The summed E-state index contributed by atoms with van der Waals surface area (Å²) in [6.45, 7) is 0. The number of rotatable bonds is 1. The van der Waals surface area contributed by atoms with Crippen LogP contribution in [0, 0.1) is 11.5 Å². The van der Waals surface area contributed by atoms with Gasteiger partial charge in [0.15, 0.2) is 6.19 Å². The molecule has 6 nitrogen and oxygen atoms in total. The molecule has 1 heterocycles. The van der Waals surface area contributed by atoms with Gasteiger partial charge in [-0.2, -0.15) is 10.4 Å². The monoisotopic (exact) mass is 200 g/mol. The molecule has 2 aromatic rings. The van der Waals surface area contributed by atoms with Gasteiger partial charge in [0.05, 0.1) is 17.4 Å². The van der Waals surface area contributed by atoms with E-state index in [0.29, 0.717) is 5.69 Å². The van der Waals surface area contributed by atoms with E-state index in [0.717, 1.165) is 10.9 Å². The van der Waals surface area contributed by atoms with Crippen LogP contribution in [0.2, 0.25) is 0 Å². The molecule has 0 saturated carbocycles. The minimum absolute atomic E-state index is 0.0698. The summed E-state index contributed by atoms with van der Waals surface area (Å²) in [7, 11) is 0. The van der Waals surface area contributed by atoms with E-state index >= 15 is 0 Å². The van der Waals surface area contributed by atoms with Crippen molar-refractivity contribution in [1.29, 1.82) is 5.26 Å². The quantitative estimate of drug-likeness (QED) is 0.271. The van der Waals surface area contributed by atoms with E-state index in [9.17, 15) is 0 Å². The lowest BCUT2D eigenvalue weighted by Gasteiger charge is -1.96. The summed E-state index contributed by atoms with van der Waals surface area (Å²) >= 11 is 0. The number of aromatic amines is 1. The maximum absolute atomic E-state index is 8.32. The lowest BCUT2D eigenvalue weighted by molar-refractivity contribution is 1.12. The third kappa shape index (κ3) is 1.86. The first-order valence-corrected chi connectivity index (χ1v) is 4.22. The summed E-state index contributed by atoms with van der Waals surface area (Å²) in [5.41, 5.74) is 7.03. The molecule has 74 valence electrons. The number of nitrogens with zero attached hydrogens (tertiary/aromatic N) is 3. The first-order valence-electron chi connectivity index (χ1n) is 4.22. The van der Waals surface area contributed by atoms with Crippen LogP contribution < -0.4 is 11.1 Å². The Hall–Kier alpha value is -2.55. The number of nitrogens with two attached hydrogens (primary N) is 1. The first kappa shape index (κ1) is 9.02. The Kier molecular flexibility index (Phi) is 2.21. The number of fused-ring (bicyclic) bond motifs is 1. The number of nitrogens with one attached hydrogen (secondary N) is 2. The Balaban J connectivity index is 2.37. The van der Waals surface area contributed by atoms with Crippen molar-refractivity contribution in [2.45, 2.75) is 0 Å². The van der Waals surface area contributed by atoms with Crippen LogP contribution in [-0.4, -0.2) is 16.2 Å². The van der Waals surface area contributed by atoms with Crippen LogP contribution in [0.3, 0.4) is 0 Å². The zero-order valence-corrected chi connectivity index (χ0v) is 7.73. The molecule has 0 aliphatic heterocycles.